The summed E-state index contributed by atoms with van der Waals surface area (Å²) in [6, 6.07) is 11.8. The summed E-state index contributed by atoms with van der Waals surface area (Å²) in [5.41, 5.74) is 2.16. The van der Waals surface area contributed by atoms with Crippen LogP contribution in [0.3, 0.4) is 0 Å². The first-order valence-corrected chi connectivity index (χ1v) is 8.82. The maximum Gasteiger partial charge on any atom is 0.267 e. The molecule has 0 spiro atoms. The lowest BCUT2D eigenvalue weighted by molar-refractivity contribution is 0.243. The van der Waals surface area contributed by atoms with Gasteiger partial charge in [0, 0.05) is 24.6 Å². The van der Waals surface area contributed by atoms with Crippen LogP contribution in [0.5, 0.6) is 5.75 Å². The molecule has 0 unspecified atom stereocenters. The molecule has 5 nitrogen and oxygen atoms in total. The van der Waals surface area contributed by atoms with Crippen LogP contribution in [0.25, 0.3) is 0 Å². The van der Waals surface area contributed by atoms with Crippen LogP contribution in [0, 0.1) is 0 Å². The Labute approximate surface area is 149 Å². The van der Waals surface area contributed by atoms with Crippen LogP contribution >= 0.6 is 0 Å². The van der Waals surface area contributed by atoms with E-state index in [4.69, 9.17) is 4.74 Å². The number of hydrogen-bond donors (Lipinski definition) is 0. The lowest BCUT2D eigenvalue weighted by atomic mass is 9.92. The summed E-state index contributed by atoms with van der Waals surface area (Å²) in [6.07, 6.45) is 1.10. The molecule has 5 heteroatoms. The molecule has 134 valence electrons. The van der Waals surface area contributed by atoms with E-state index in [1.807, 2.05) is 18.2 Å². The van der Waals surface area contributed by atoms with Crippen LogP contribution in [0.15, 0.2) is 41.2 Å². The molecule has 0 bridgehead atoms. The van der Waals surface area contributed by atoms with Gasteiger partial charge >= 0.3 is 0 Å². The number of likely N-dealkylation sites (tertiary alicyclic amines) is 1. The largest absolute Gasteiger partial charge is 0.497 e. The van der Waals surface area contributed by atoms with Gasteiger partial charge < -0.3 is 4.74 Å². The molecule has 0 aliphatic carbocycles. The summed E-state index contributed by atoms with van der Waals surface area (Å²) in [6.45, 7) is 8.80. The van der Waals surface area contributed by atoms with E-state index in [9.17, 15) is 4.79 Å². The van der Waals surface area contributed by atoms with E-state index < -0.39 is 0 Å². The third-order valence-electron chi connectivity index (χ3n) is 4.83. The molecule has 2 heterocycles. The Balaban J connectivity index is 1.70. The fourth-order valence-electron chi connectivity index (χ4n) is 3.25. The predicted molar refractivity (Wildman–Crippen MR) is 99.1 cm³/mol. The number of methoxy groups -OCH3 is 1. The summed E-state index contributed by atoms with van der Waals surface area (Å²) in [4.78, 5) is 14.5. The lowest BCUT2D eigenvalue weighted by Crippen LogP contribution is -2.34. The molecule has 1 aliphatic rings. The molecule has 1 aliphatic heterocycles. The van der Waals surface area contributed by atoms with Gasteiger partial charge in [0.2, 0.25) is 0 Å². The van der Waals surface area contributed by atoms with E-state index in [2.05, 4.69) is 42.9 Å². The van der Waals surface area contributed by atoms with E-state index in [0.29, 0.717) is 12.6 Å². The van der Waals surface area contributed by atoms with Crippen molar-refractivity contribution in [3.05, 3.63) is 58.0 Å². The van der Waals surface area contributed by atoms with E-state index in [1.54, 1.807) is 17.9 Å². The Kier molecular flexibility index (Phi) is 4.95. The first-order valence-electron chi connectivity index (χ1n) is 8.82. The van der Waals surface area contributed by atoms with Crippen LogP contribution in [0.4, 0.5) is 0 Å². The average Bonchev–Trinajstić information content (AvgIpc) is 3.04. The van der Waals surface area contributed by atoms with Crippen molar-refractivity contribution in [2.24, 2.45) is 0 Å². The molecule has 0 amide bonds. The number of hydrogen-bond acceptors (Lipinski definition) is 4. The normalized spacial score (nSPS) is 18.5. The van der Waals surface area contributed by atoms with Crippen molar-refractivity contribution < 1.29 is 4.74 Å². The van der Waals surface area contributed by atoms with E-state index >= 15 is 0 Å². The van der Waals surface area contributed by atoms with Crippen molar-refractivity contribution in [2.45, 2.75) is 45.2 Å². The molecule has 0 N–H and O–H groups in total. The second-order valence-electron chi connectivity index (χ2n) is 7.78. The second-order valence-corrected chi connectivity index (χ2v) is 7.78. The minimum Gasteiger partial charge on any atom is -0.497 e. The minimum absolute atomic E-state index is 0.0408. The molecule has 0 saturated carbocycles. The topological polar surface area (TPSA) is 47.4 Å². The molecule has 2 aromatic rings. The van der Waals surface area contributed by atoms with Gasteiger partial charge in [-0.05, 0) is 36.1 Å². The third-order valence-corrected chi connectivity index (χ3v) is 4.83. The van der Waals surface area contributed by atoms with Crippen molar-refractivity contribution in [2.75, 3.05) is 20.2 Å². The number of rotatable bonds is 4. The van der Waals surface area contributed by atoms with Crippen LogP contribution in [0.2, 0.25) is 0 Å². The highest BCUT2D eigenvalue weighted by molar-refractivity contribution is 5.30. The standard InChI is InChI=1S/C20H27N3O2/c1-20(2,3)18-9-10-19(24)23(21-18)14-22-12-11-16(13-22)15-5-7-17(25-4)8-6-15/h5-10,16H,11-14H2,1-4H3/t16-/m0/s1. The summed E-state index contributed by atoms with van der Waals surface area (Å²) in [5, 5.41) is 4.57. The van der Waals surface area contributed by atoms with Gasteiger partial charge in [-0.3, -0.25) is 9.69 Å². The fraction of sp³-hybridized carbons (Fsp3) is 0.500. The maximum atomic E-state index is 12.2. The number of aromatic nitrogens is 2. The Morgan fingerprint density at radius 1 is 1.16 bits per heavy atom. The molecule has 1 aromatic carbocycles. The predicted octanol–water partition coefficient (Wildman–Crippen LogP) is 3.00. The Morgan fingerprint density at radius 2 is 1.88 bits per heavy atom. The lowest BCUT2D eigenvalue weighted by Gasteiger charge is -2.21. The highest BCUT2D eigenvalue weighted by Crippen LogP contribution is 2.28. The highest BCUT2D eigenvalue weighted by atomic mass is 16.5. The van der Waals surface area contributed by atoms with Crippen LogP contribution < -0.4 is 10.3 Å². The van der Waals surface area contributed by atoms with E-state index in [0.717, 1.165) is 31.0 Å². The minimum atomic E-state index is -0.0634. The quantitative estimate of drug-likeness (QED) is 0.858. The summed E-state index contributed by atoms with van der Waals surface area (Å²) in [5.74, 6) is 1.38. The highest BCUT2D eigenvalue weighted by Gasteiger charge is 2.25. The summed E-state index contributed by atoms with van der Waals surface area (Å²) >= 11 is 0. The molecule has 1 fully saturated rings. The van der Waals surface area contributed by atoms with Crippen molar-refractivity contribution in [3.63, 3.8) is 0 Å². The Bertz CT molecular complexity index is 775. The average molecular weight is 341 g/mol. The number of benzene rings is 1. The molecular weight excluding hydrogens is 314 g/mol. The van der Waals surface area contributed by atoms with Gasteiger partial charge in [-0.15, -0.1) is 0 Å². The van der Waals surface area contributed by atoms with Crippen molar-refractivity contribution in [1.29, 1.82) is 0 Å². The zero-order chi connectivity index (χ0) is 18.0. The summed E-state index contributed by atoms with van der Waals surface area (Å²) < 4.78 is 6.82. The van der Waals surface area contributed by atoms with E-state index in [-0.39, 0.29) is 11.0 Å². The molecule has 1 saturated heterocycles. The third kappa shape index (κ3) is 4.10. The molecule has 0 radical (unpaired) electrons. The van der Waals surface area contributed by atoms with Crippen LogP contribution in [-0.2, 0) is 12.1 Å². The number of ether oxygens (including phenoxy) is 1. The Hall–Kier alpha value is -2.14. The maximum absolute atomic E-state index is 12.2. The van der Waals surface area contributed by atoms with Crippen LogP contribution in [-0.4, -0.2) is 34.9 Å². The first kappa shape index (κ1) is 17.7. The van der Waals surface area contributed by atoms with Gasteiger partial charge in [-0.2, -0.15) is 5.10 Å². The molecule has 1 atom stereocenters. The first-order chi connectivity index (χ1) is 11.9. The smallest absolute Gasteiger partial charge is 0.267 e. The zero-order valence-electron chi connectivity index (χ0n) is 15.5. The van der Waals surface area contributed by atoms with Gasteiger partial charge in [0.15, 0.2) is 0 Å². The number of nitrogens with zero attached hydrogens (tertiary/aromatic N) is 3. The van der Waals surface area contributed by atoms with Gasteiger partial charge in [-0.1, -0.05) is 32.9 Å². The van der Waals surface area contributed by atoms with Gasteiger partial charge in [-0.25, -0.2) is 4.68 Å². The van der Waals surface area contributed by atoms with Crippen LogP contribution in [0.1, 0.15) is 44.4 Å². The van der Waals surface area contributed by atoms with Gasteiger partial charge in [0.1, 0.15) is 5.75 Å². The molecular formula is C20H27N3O2. The van der Waals surface area contributed by atoms with Gasteiger partial charge in [0.05, 0.1) is 19.5 Å². The molecule has 25 heavy (non-hydrogen) atoms. The van der Waals surface area contributed by atoms with Crippen molar-refractivity contribution >= 4 is 0 Å². The Morgan fingerprint density at radius 3 is 2.52 bits per heavy atom. The van der Waals surface area contributed by atoms with Crippen molar-refractivity contribution in [3.8, 4) is 5.75 Å². The monoisotopic (exact) mass is 341 g/mol. The molecule has 1 aromatic heterocycles. The van der Waals surface area contributed by atoms with Crippen molar-refractivity contribution in [1.82, 2.24) is 14.7 Å². The second kappa shape index (κ2) is 7.00. The van der Waals surface area contributed by atoms with E-state index in [1.165, 1.54) is 5.56 Å². The molecule has 3 rings (SSSR count). The zero-order valence-corrected chi connectivity index (χ0v) is 15.5. The fourth-order valence-corrected chi connectivity index (χ4v) is 3.25. The summed E-state index contributed by atoms with van der Waals surface area (Å²) in [7, 11) is 1.68. The SMILES string of the molecule is COc1ccc([C@H]2CCN(Cn3nc(C(C)(C)C)ccc3=O)C2)cc1. The van der Waals surface area contributed by atoms with Gasteiger partial charge in [0.25, 0.3) is 5.56 Å².